The monoisotopic (exact) mass is 200 g/mol. The van der Waals surface area contributed by atoms with Gasteiger partial charge in [-0.3, -0.25) is 0 Å². The maximum Gasteiger partial charge on any atom is 0.0801 e. The van der Waals surface area contributed by atoms with E-state index in [9.17, 15) is 5.11 Å². The SMILES string of the molecule is C=CC[C@H](CCCC(C)C)[C@H](O)CO. The van der Waals surface area contributed by atoms with Crippen LogP contribution < -0.4 is 0 Å². The smallest absolute Gasteiger partial charge is 0.0801 e. The largest absolute Gasteiger partial charge is 0.394 e. The average molecular weight is 200 g/mol. The molecule has 0 saturated heterocycles. The highest BCUT2D eigenvalue weighted by Crippen LogP contribution is 2.19. The van der Waals surface area contributed by atoms with Crippen LogP contribution in [0.5, 0.6) is 0 Å². The number of aliphatic hydroxyl groups excluding tert-OH is 2. The van der Waals surface area contributed by atoms with E-state index in [1.165, 1.54) is 6.42 Å². The van der Waals surface area contributed by atoms with Crippen LogP contribution >= 0.6 is 0 Å². The van der Waals surface area contributed by atoms with Gasteiger partial charge < -0.3 is 10.2 Å². The molecule has 0 aromatic rings. The maximum absolute atomic E-state index is 9.52. The summed E-state index contributed by atoms with van der Waals surface area (Å²) in [7, 11) is 0. The number of hydrogen-bond acceptors (Lipinski definition) is 2. The van der Waals surface area contributed by atoms with Gasteiger partial charge in [-0.25, -0.2) is 0 Å². The quantitative estimate of drug-likeness (QED) is 0.590. The van der Waals surface area contributed by atoms with Gasteiger partial charge in [-0.1, -0.05) is 32.8 Å². The Morgan fingerprint density at radius 1 is 1.29 bits per heavy atom. The molecule has 0 saturated carbocycles. The van der Waals surface area contributed by atoms with Gasteiger partial charge in [0.05, 0.1) is 12.7 Å². The third-order valence-corrected chi connectivity index (χ3v) is 2.56. The van der Waals surface area contributed by atoms with Crippen LogP contribution in [0.2, 0.25) is 0 Å². The number of aliphatic hydroxyl groups is 2. The second kappa shape index (κ2) is 8.01. The van der Waals surface area contributed by atoms with E-state index in [0.29, 0.717) is 5.92 Å². The van der Waals surface area contributed by atoms with Crippen molar-refractivity contribution < 1.29 is 10.2 Å². The third-order valence-electron chi connectivity index (χ3n) is 2.56. The fourth-order valence-corrected chi connectivity index (χ4v) is 1.62. The van der Waals surface area contributed by atoms with Crippen LogP contribution in [0.15, 0.2) is 12.7 Å². The van der Waals surface area contributed by atoms with Crippen LogP contribution in [0.4, 0.5) is 0 Å². The number of hydrogen-bond donors (Lipinski definition) is 2. The van der Waals surface area contributed by atoms with Crippen molar-refractivity contribution in [2.24, 2.45) is 11.8 Å². The molecule has 0 aromatic carbocycles. The molecule has 0 rings (SSSR count). The normalized spacial score (nSPS) is 15.5. The van der Waals surface area contributed by atoms with Crippen LogP contribution in [0.1, 0.15) is 39.5 Å². The van der Waals surface area contributed by atoms with Crippen LogP contribution in [0.25, 0.3) is 0 Å². The van der Waals surface area contributed by atoms with E-state index in [1.807, 2.05) is 6.08 Å². The lowest BCUT2D eigenvalue weighted by atomic mass is 9.91. The lowest BCUT2D eigenvalue weighted by molar-refractivity contribution is 0.0434. The van der Waals surface area contributed by atoms with Gasteiger partial charge in [0.1, 0.15) is 0 Å². The Morgan fingerprint density at radius 2 is 1.93 bits per heavy atom. The van der Waals surface area contributed by atoms with E-state index in [4.69, 9.17) is 5.11 Å². The van der Waals surface area contributed by atoms with E-state index < -0.39 is 6.10 Å². The lowest BCUT2D eigenvalue weighted by Gasteiger charge is -2.20. The van der Waals surface area contributed by atoms with Gasteiger partial charge in [-0.2, -0.15) is 0 Å². The van der Waals surface area contributed by atoms with Gasteiger partial charge in [0.25, 0.3) is 0 Å². The zero-order chi connectivity index (χ0) is 11.0. The average Bonchev–Trinajstić information content (AvgIpc) is 2.15. The summed E-state index contributed by atoms with van der Waals surface area (Å²) in [5, 5.41) is 18.4. The molecule has 0 fully saturated rings. The van der Waals surface area contributed by atoms with E-state index in [2.05, 4.69) is 20.4 Å². The van der Waals surface area contributed by atoms with Crippen molar-refractivity contribution in [3.8, 4) is 0 Å². The molecular weight excluding hydrogens is 176 g/mol. The van der Waals surface area contributed by atoms with Crippen LogP contribution in [-0.4, -0.2) is 22.9 Å². The molecule has 0 spiro atoms. The summed E-state index contributed by atoms with van der Waals surface area (Å²) < 4.78 is 0. The van der Waals surface area contributed by atoms with Gasteiger partial charge in [-0.05, 0) is 24.7 Å². The molecule has 2 heteroatoms. The van der Waals surface area contributed by atoms with E-state index in [0.717, 1.165) is 19.3 Å². The molecule has 0 aromatic heterocycles. The fourth-order valence-electron chi connectivity index (χ4n) is 1.62. The summed E-state index contributed by atoms with van der Waals surface area (Å²) in [5.74, 6) is 0.891. The van der Waals surface area contributed by atoms with Crippen molar-refractivity contribution in [3.05, 3.63) is 12.7 Å². The molecule has 0 aliphatic rings. The Bertz CT molecular complexity index is 143. The standard InChI is InChI=1S/C12H24O2/c1-4-6-11(12(14)9-13)8-5-7-10(2)3/h4,10-14H,1,5-9H2,2-3H3/t11-,12-/m1/s1. The highest BCUT2D eigenvalue weighted by Gasteiger charge is 2.16. The highest BCUT2D eigenvalue weighted by atomic mass is 16.3. The van der Waals surface area contributed by atoms with Gasteiger partial charge in [-0.15, -0.1) is 6.58 Å². The molecule has 0 aliphatic carbocycles. The first-order chi connectivity index (χ1) is 6.61. The van der Waals surface area contributed by atoms with Crippen molar-refractivity contribution in [1.29, 1.82) is 0 Å². The van der Waals surface area contributed by atoms with Gasteiger partial charge in [0.15, 0.2) is 0 Å². The summed E-state index contributed by atoms with van der Waals surface area (Å²) in [6.07, 6.45) is 5.31. The maximum atomic E-state index is 9.52. The molecule has 84 valence electrons. The van der Waals surface area contributed by atoms with Crippen molar-refractivity contribution >= 4 is 0 Å². The Labute approximate surface area is 87.7 Å². The fraction of sp³-hybridized carbons (Fsp3) is 0.833. The lowest BCUT2D eigenvalue weighted by Crippen LogP contribution is -2.23. The Balaban J connectivity index is 3.78. The highest BCUT2D eigenvalue weighted by molar-refractivity contribution is 4.78. The van der Waals surface area contributed by atoms with E-state index in [-0.39, 0.29) is 12.5 Å². The Morgan fingerprint density at radius 3 is 2.36 bits per heavy atom. The third kappa shape index (κ3) is 6.17. The molecule has 2 atom stereocenters. The summed E-state index contributed by atoms with van der Waals surface area (Å²) in [6.45, 7) is 7.93. The summed E-state index contributed by atoms with van der Waals surface area (Å²) >= 11 is 0. The van der Waals surface area contributed by atoms with Gasteiger partial charge in [0.2, 0.25) is 0 Å². The van der Waals surface area contributed by atoms with Crippen molar-refractivity contribution in [1.82, 2.24) is 0 Å². The zero-order valence-electron chi connectivity index (χ0n) is 9.45. The van der Waals surface area contributed by atoms with Gasteiger partial charge >= 0.3 is 0 Å². The molecule has 0 radical (unpaired) electrons. The van der Waals surface area contributed by atoms with Crippen molar-refractivity contribution in [2.45, 2.75) is 45.6 Å². The summed E-state index contributed by atoms with van der Waals surface area (Å²) in [6, 6.07) is 0. The first kappa shape index (κ1) is 13.7. The second-order valence-electron chi connectivity index (χ2n) is 4.36. The summed E-state index contributed by atoms with van der Waals surface area (Å²) in [5.41, 5.74) is 0. The van der Waals surface area contributed by atoms with Crippen molar-refractivity contribution in [3.63, 3.8) is 0 Å². The number of allylic oxidation sites excluding steroid dienone is 1. The second-order valence-corrected chi connectivity index (χ2v) is 4.36. The van der Waals surface area contributed by atoms with Crippen molar-refractivity contribution in [2.75, 3.05) is 6.61 Å². The van der Waals surface area contributed by atoms with E-state index in [1.54, 1.807) is 0 Å². The minimum Gasteiger partial charge on any atom is -0.394 e. The summed E-state index contributed by atoms with van der Waals surface area (Å²) in [4.78, 5) is 0. The molecule has 2 N–H and O–H groups in total. The molecule has 0 aliphatic heterocycles. The molecule has 0 unspecified atom stereocenters. The molecule has 0 amide bonds. The van der Waals surface area contributed by atoms with E-state index >= 15 is 0 Å². The van der Waals surface area contributed by atoms with Crippen LogP contribution in [0, 0.1) is 11.8 Å². The number of rotatable bonds is 8. The molecule has 0 bridgehead atoms. The molecule has 2 nitrogen and oxygen atoms in total. The van der Waals surface area contributed by atoms with Crippen LogP contribution in [-0.2, 0) is 0 Å². The predicted octanol–water partition coefficient (Wildman–Crippen LogP) is 2.36. The van der Waals surface area contributed by atoms with Gasteiger partial charge in [0, 0.05) is 0 Å². The molecule has 14 heavy (non-hydrogen) atoms. The Hall–Kier alpha value is -0.340. The first-order valence-electron chi connectivity index (χ1n) is 5.51. The topological polar surface area (TPSA) is 40.5 Å². The zero-order valence-corrected chi connectivity index (χ0v) is 9.45. The Kier molecular flexibility index (Phi) is 7.81. The molecule has 0 heterocycles. The van der Waals surface area contributed by atoms with Crippen LogP contribution in [0.3, 0.4) is 0 Å². The first-order valence-corrected chi connectivity index (χ1v) is 5.51. The minimum absolute atomic E-state index is 0.139. The predicted molar refractivity (Wildman–Crippen MR) is 60.1 cm³/mol. The minimum atomic E-state index is -0.583. The molecular formula is C12H24O2.